The van der Waals surface area contributed by atoms with Crippen molar-refractivity contribution in [3.8, 4) is 0 Å². The molecule has 1 aromatic carbocycles. The molecular weight excluding hydrogens is 164 g/mol. The van der Waals surface area contributed by atoms with Gasteiger partial charge in [0, 0.05) is 24.3 Å². The lowest BCUT2D eigenvalue weighted by Crippen LogP contribution is -2.43. The summed E-state index contributed by atoms with van der Waals surface area (Å²) in [5, 5.41) is 0. The number of rotatable bonds is 1. The third-order valence-electron chi connectivity index (χ3n) is 2.37. The molecule has 13 heavy (non-hydrogen) atoms. The van der Waals surface area contributed by atoms with E-state index in [0.29, 0.717) is 12.1 Å². The Kier molecular flexibility index (Phi) is 1.72. The summed E-state index contributed by atoms with van der Waals surface area (Å²) in [6.07, 6.45) is 0.661. The van der Waals surface area contributed by atoms with E-state index < -0.39 is 0 Å². The van der Waals surface area contributed by atoms with Crippen molar-refractivity contribution in [2.45, 2.75) is 13.3 Å². The highest BCUT2D eigenvalue weighted by atomic mass is 16.2. The summed E-state index contributed by atoms with van der Waals surface area (Å²) in [6, 6.07) is 5.64. The van der Waals surface area contributed by atoms with Gasteiger partial charge in [-0.25, -0.2) is 0 Å². The first-order chi connectivity index (χ1) is 6.18. The van der Waals surface area contributed by atoms with Gasteiger partial charge in [-0.2, -0.15) is 0 Å². The van der Waals surface area contributed by atoms with E-state index in [-0.39, 0.29) is 5.91 Å². The Labute approximate surface area is 77.1 Å². The van der Waals surface area contributed by atoms with Gasteiger partial charge in [0.25, 0.3) is 0 Å². The van der Waals surface area contributed by atoms with Crippen molar-refractivity contribution in [1.82, 2.24) is 0 Å². The van der Waals surface area contributed by atoms with Crippen LogP contribution in [-0.2, 0) is 4.79 Å². The monoisotopic (exact) mass is 176 g/mol. The van der Waals surface area contributed by atoms with Crippen LogP contribution in [-0.4, -0.2) is 12.5 Å². The zero-order chi connectivity index (χ0) is 9.42. The third kappa shape index (κ3) is 1.26. The molecule has 0 saturated carbocycles. The molecule has 3 heteroatoms. The van der Waals surface area contributed by atoms with E-state index in [1.165, 1.54) is 0 Å². The van der Waals surface area contributed by atoms with Crippen LogP contribution in [0.25, 0.3) is 0 Å². The molecule has 1 aromatic rings. The van der Waals surface area contributed by atoms with Gasteiger partial charge in [-0.1, -0.05) is 6.07 Å². The second kappa shape index (κ2) is 2.76. The van der Waals surface area contributed by atoms with Crippen LogP contribution >= 0.6 is 0 Å². The van der Waals surface area contributed by atoms with Crippen molar-refractivity contribution in [3.63, 3.8) is 0 Å². The summed E-state index contributed by atoms with van der Waals surface area (Å²) in [5.41, 5.74) is 8.41. The topological polar surface area (TPSA) is 46.3 Å². The molecule has 2 rings (SSSR count). The molecule has 1 saturated heterocycles. The molecule has 3 nitrogen and oxygen atoms in total. The van der Waals surface area contributed by atoms with Crippen LogP contribution in [0.2, 0.25) is 0 Å². The first-order valence-electron chi connectivity index (χ1n) is 4.35. The predicted molar refractivity (Wildman–Crippen MR) is 52.6 cm³/mol. The predicted octanol–water partition coefficient (Wildman–Crippen LogP) is 1.31. The molecule has 1 aliphatic rings. The number of carbonyl (C=O) groups is 1. The molecule has 0 radical (unpaired) electrons. The van der Waals surface area contributed by atoms with Crippen LogP contribution in [0, 0.1) is 6.92 Å². The summed E-state index contributed by atoms with van der Waals surface area (Å²) in [7, 11) is 0. The summed E-state index contributed by atoms with van der Waals surface area (Å²) < 4.78 is 0. The number of benzene rings is 1. The van der Waals surface area contributed by atoms with Gasteiger partial charge in [0.05, 0.1) is 0 Å². The van der Waals surface area contributed by atoms with Crippen molar-refractivity contribution >= 4 is 17.3 Å². The van der Waals surface area contributed by atoms with Gasteiger partial charge < -0.3 is 10.6 Å². The number of nitrogens with two attached hydrogens (primary N) is 1. The number of carbonyl (C=O) groups excluding carboxylic acids is 1. The standard InChI is InChI=1S/C10H12N2O/c1-7-2-3-8(11)6-9(7)12-5-4-10(12)13/h2-3,6H,4-5,11H2,1H3. The number of nitrogen functional groups attached to an aromatic ring is 1. The maximum atomic E-state index is 11.2. The van der Waals surface area contributed by atoms with E-state index in [1.54, 1.807) is 4.90 Å². The second-order valence-electron chi connectivity index (χ2n) is 3.34. The number of nitrogens with zero attached hydrogens (tertiary/aromatic N) is 1. The van der Waals surface area contributed by atoms with E-state index in [9.17, 15) is 4.79 Å². The van der Waals surface area contributed by atoms with Crippen molar-refractivity contribution in [2.24, 2.45) is 0 Å². The molecule has 68 valence electrons. The summed E-state index contributed by atoms with van der Waals surface area (Å²) in [5.74, 6) is 0.189. The fourth-order valence-corrected chi connectivity index (χ4v) is 1.49. The molecule has 0 aromatic heterocycles. The molecule has 1 fully saturated rings. The molecule has 0 unspecified atom stereocenters. The van der Waals surface area contributed by atoms with E-state index >= 15 is 0 Å². The van der Waals surface area contributed by atoms with E-state index in [1.807, 2.05) is 25.1 Å². The Hall–Kier alpha value is -1.51. The average Bonchev–Trinajstić information content (AvgIpc) is 2.09. The molecule has 2 N–H and O–H groups in total. The fraction of sp³-hybridized carbons (Fsp3) is 0.300. The largest absolute Gasteiger partial charge is 0.399 e. The minimum Gasteiger partial charge on any atom is -0.399 e. The molecule has 1 heterocycles. The van der Waals surface area contributed by atoms with E-state index in [4.69, 9.17) is 5.73 Å². The minimum absolute atomic E-state index is 0.189. The van der Waals surface area contributed by atoms with Gasteiger partial charge in [0.1, 0.15) is 0 Å². The summed E-state index contributed by atoms with van der Waals surface area (Å²) >= 11 is 0. The fourth-order valence-electron chi connectivity index (χ4n) is 1.49. The Balaban J connectivity index is 2.38. The van der Waals surface area contributed by atoms with Crippen LogP contribution in [0.15, 0.2) is 18.2 Å². The van der Waals surface area contributed by atoms with Crippen molar-refractivity contribution in [2.75, 3.05) is 17.2 Å². The lowest BCUT2D eigenvalue weighted by atomic mass is 10.1. The van der Waals surface area contributed by atoms with E-state index in [0.717, 1.165) is 17.8 Å². The van der Waals surface area contributed by atoms with Crippen LogP contribution in [0.4, 0.5) is 11.4 Å². The molecule has 1 amide bonds. The summed E-state index contributed by atoms with van der Waals surface area (Å²) in [6.45, 7) is 2.81. The van der Waals surface area contributed by atoms with Crippen LogP contribution < -0.4 is 10.6 Å². The maximum Gasteiger partial charge on any atom is 0.228 e. The van der Waals surface area contributed by atoms with Crippen molar-refractivity contribution in [1.29, 1.82) is 0 Å². The highest BCUT2D eigenvalue weighted by Crippen LogP contribution is 2.27. The molecule has 1 aliphatic heterocycles. The number of hydrogen-bond acceptors (Lipinski definition) is 2. The zero-order valence-corrected chi connectivity index (χ0v) is 7.58. The SMILES string of the molecule is Cc1ccc(N)cc1N1CCC1=O. The third-order valence-corrected chi connectivity index (χ3v) is 2.37. The van der Waals surface area contributed by atoms with Gasteiger partial charge in [-0.05, 0) is 24.6 Å². The number of hydrogen-bond donors (Lipinski definition) is 1. The Morgan fingerprint density at radius 3 is 2.77 bits per heavy atom. The second-order valence-corrected chi connectivity index (χ2v) is 3.34. The van der Waals surface area contributed by atoms with Crippen molar-refractivity contribution < 1.29 is 4.79 Å². The molecule has 0 atom stereocenters. The van der Waals surface area contributed by atoms with Gasteiger partial charge in [-0.3, -0.25) is 4.79 Å². The smallest absolute Gasteiger partial charge is 0.228 e. The lowest BCUT2D eigenvalue weighted by Gasteiger charge is -2.32. The van der Waals surface area contributed by atoms with Crippen molar-refractivity contribution in [3.05, 3.63) is 23.8 Å². The summed E-state index contributed by atoms with van der Waals surface area (Å²) in [4.78, 5) is 12.9. The van der Waals surface area contributed by atoms with E-state index in [2.05, 4.69) is 0 Å². The Bertz CT molecular complexity index is 360. The maximum absolute atomic E-state index is 11.2. The average molecular weight is 176 g/mol. The molecule has 0 aliphatic carbocycles. The lowest BCUT2D eigenvalue weighted by molar-refractivity contribution is -0.122. The zero-order valence-electron chi connectivity index (χ0n) is 7.58. The minimum atomic E-state index is 0.189. The first-order valence-corrected chi connectivity index (χ1v) is 4.35. The highest BCUT2D eigenvalue weighted by Gasteiger charge is 2.26. The quantitative estimate of drug-likeness (QED) is 0.518. The molecular formula is C10H12N2O. The van der Waals surface area contributed by atoms with Crippen LogP contribution in [0.5, 0.6) is 0 Å². The van der Waals surface area contributed by atoms with Crippen LogP contribution in [0.3, 0.4) is 0 Å². The van der Waals surface area contributed by atoms with Gasteiger partial charge in [-0.15, -0.1) is 0 Å². The van der Waals surface area contributed by atoms with Gasteiger partial charge in [0.15, 0.2) is 0 Å². The van der Waals surface area contributed by atoms with Gasteiger partial charge >= 0.3 is 0 Å². The van der Waals surface area contributed by atoms with Gasteiger partial charge in [0.2, 0.25) is 5.91 Å². The number of anilines is 2. The normalized spacial score (nSPS) is 15.8. The number of β-lactam (4-membered cyclic amide) rings is 1. The molecule has 0 spiro atoms. The Morgan fingerprint density at radius 1 is 1.46 bits per heavy atom. The number of amides is 1. The Morgan fingerprint density at radius 2 is 2.23 bits per heavy atom. The van der Waals surface area contributed by atoms with Crippen LogP contribution in [0.1, 0.15) is 12.0 Å². The molecule has 0 bridgehead atoms. The first kappa shape index (κ1) is 8.10. The number of aryl methyl sites for hydroxylation is 1. The highest BCUT2D eigenvalue weighted by molar-refractivity contribution is 6.00.